The number of ether oxygens (including phenoxy) is 1. The quantitative estimate of drug-likeness (QED) is 0.206. The molecule has 0 aliphatic carbocycles. The summed E-state index contributed by atoms with van der Waals surface area (Å²) in [5, 5.41) is 86.3. The van der Waals surface area contributed by atoms with Crippen LogP contribution in [0.2, 0.25) is 0 Å². The van der Waals surface area contributed by atoms with E-state index in [1.807, 2.05) is 5.32 Å². The first kappa shape index (κ1) is 21.1. The lowest BCUT2D eigenvalue weighted by Gasteiger charge is -2.40. The number of nitrogens with one attached hydrogen (secondary N) is 1. The van der Waals surface area contributed by atoms with Gasteiger partial charge in [0.25, 0.3) is 5.91 Å². The first-order valence-electron chi connectivity index (χ1n) is 7.09. The van der Waals surface area contributed by atoms with Crippen molar-refractivity contribution in [2.45, 2.75) is 55.1 Å². The zero-order chi connectivity index (χ0) is 18.6. The molecule has 1 saturated heterocycles. The molecule has 0 aromatic rings. The lowest BCUT2D eigenvalue weighted by Crippen LogP contribution is -2.64. The molecule has 1 aliphatic rings. The second kappa shape index (κ2) is 8.96. The maximum Gasteiger partial charge on any atom is 0.253 e. The summed E-state index contributed by atoms with van der Waals surface area (Å²) in [6.45, 7) is -1.66. The summed E-state index contributed by atoms with van der Waals surface area (Å²) in [6.07, 6.45) is -16.4. The lowest BCUT2D eigenvalue weighted by molar-refractivity contribution is -0.237. The first-order chi connectivity index (χ1) is 11.1. The van der Waals surface area contributed by atoms with Gasteiger partial charge in [-0.25, -0.2) is 0 Å². The Bertz CT molecular complexity index is 408. The molecule has 1 heterocycles. The highest BCUT2D eigenvalue weighted by Crippen LogP contribution is 2.20. The fourth-order valence-electron chi connectivity index (χ4n) is 2.12. The van der Waals surface area contributed by atoms with Crippen LogP contribution in [0.15, 0.2) is 0 Å². The van der Waals surface area contributed by atoms with Crippen molar-refractivity contribution in [3.8, 4) is 0 Å². The van der Waals surface area contributed by atoms with E-state index >= 15 is 0 Å². The molecule has 0 saturated carbocycles. The van der Waals surface area contributed by atoms with Crippen molar-refractivity contribution in [2.24, 2.45) is 0 Å². The van der Waals surface area contributed by atoms with Gasteiger partial charge in [0.1, 0.15) is 42.7 Å². The van der Waals surface area contributed by atoms with Crippen LogP contribution in [0, 0.1) is 0 Å². The second-order valence-electron chi connectivity index (χ2n) is 5.43. The zero-order valence-corrected chi connectivity index (χ0v) is 12.5. The number of carbonyl (C=O) groups is 1. The smallest absolute Gasteiger partial charge is 0.253 e. The molecule has 0 spiro atoms. The monoisotopic (exact) mass is 357 g/mol. The topological polar surface area (TPSA) is 220 Å². The van der Waals surface area contributed by atoms with E-state index in [9.17, 15) is 35.4 Å². The Labute approximate surface area is 136 Å². The van der Waals surface area contributed by atoms with Gasteiger partial charge in [0.15, 0.2) is 12.3 Å². The fraction of sp³-hybridized carbons (Fsp3) is 0.917. The van der Waals surface area contributed by atoms with Crippen molar-refractivity contribution >= 4 is 5.91 Å². The third kappa shape index (κ3) is 4.58. The summed E-state index contributed by atoms with van der Waals surface area (Å²) < 4.78 is 4.97. The zero-order valence-electron chi connectivity index (χ0n) is 12.5. The molecule has 1 aliphatic heterocycles. The average Bonchev–Trinajstić information content (AvgIpc) is 2.59. The van der Waals surface area contributed by atoms with Crippen LogP contribution in [0.25, 0.3) is 0 Å². The highest BCUT2D eigenvalue weighted by Gasteiger charge is 2.45. The van der Waals surface area contributed by atoms with E-state index in [4.69, 9.17) is 20.1 Å². The molecule has 1 rings (SSSR count). The SMILES string of the molecule is O=C(N[C@@H]1O[C@H](CO)[C@@H](O)[C@H](O)[C@H]1O)[C@H](O)[C@@H](O)[C@H](O)[C@H](O)CO. The Hall–Kier alpha value is -0.930. The Balaban J connectivity index is 2.71. The van der Waals surface area contributed by atoms with E-state index < -0.39 is 74.2 Å². The van der Waals surface area contributed by atoms with E-state index in [-0.39, 0.29) is 0 Å². The number of amides is 1. The molecule has 24 heavy (non-hydrogen) atoms. The van der Waals surface area contributed by atoms with Crippen LogP contribution in [-0.4, -0.2) is 120 Å². The van der Waals surface area contributed by atoms with E-state index in [2.05, 4.69) is 0 Å². The average molecular weight is 357 g/mol. The van der Waals surface area contributed by atoms with Crippen LogP contribution in [0.1, 0.15) is 0 Å². The summed E-state index contributed by atoms with van der Waals surface area (Å²) in [5.74, 6) is -1.34. The molecule has 0 radical (unpaired) electrons. The van der Waals surface area contributed by atoms with E-state index in [0.717, 1.165) is 0 Å². The Morgan fingerprint density at radius 1 is 0.958 bits per heavy atom. The van der Waals surface area contributed by atoms with Gasteiger partial charge in [0.05, 0.1) is 13.2 Å². The molecule has 1 amide bonds. The highest BCUT2D eigenvalue weighted by molar-refractivity contribution is 5.81. The summed E-state index contributed by atoms with van der Waals surface area (Å²) in [5.41, 5.74) is 0. The van der Waals surface area contributed by atoms with Crippen LogP contribution in [0.4, 0.5) is 0 Å². The molecule has 12 nitrogen and oxygen atoms in total. The number of rotatable bonds is 7. The Morgan fingerprint density at radius 3 is 2.04 bits per heavy atom. The fourth-order valence-corrected chi connectivity index (χ4v) is 2.12. The predicted molar refractivity (Wildman–Crippen MR) is 73.0 cm³/mol. The highest BCUT2D eigenvalue weighted by atomic mass is 16.6. The Kier molecular flexibility index (Phi) is 7.88. The molecular formula is C12H23NO11. The van der Waals surface area contributed by atoms with Crippen molar-refractivity contribution in [3.63, 3.8) is 0 Å². The standard InChI is InChI=1S/C12H23NO11/c14-1-3(16)5(17)7(19)9(21)11(23)13-12-10(22)8(20)6(18)4(2-15)24-12/h3-10,12,14-22H,1-2H2,(H,13,23)/t3-,4-,5-,6-,7+,8+,9-,10-,12-/m1/s1. The number of aliphatic hydroxyl groups is 9. The van der Waals surface area contributed by atoms with Gasteiger partial charge in [0.2, 0.25) is 0 Å². The normalized spacial score (nSPS) is 35.8. The summed E-state index contributed by atoms with van der Waals surface area (Å²) in [4.78, 5) is 11.8. The predicted octanol–water partition coefficient (Wildman–Crippen LogP) is -6.66. The van der Waals surface area contributed by atoms with Gasteiger partial charge in [-0.1, -0.05) is 0 Å². The van der Waals surface area contributed by atoms with Crippen molar-refractivity contribution in [1.29, 1.82) is 0 Å². The van der Waals surface area contributed by atoms with Crippen molar-refractivity contribution in [2.75, 3.05) is 13.2 Å². The van der Waals surface area contributed by atoms with Gasteiger partial charge in [-0.15, -0.1) is 0 Å². The van der Waals surface area contributed by atoms with Gasteiger partial charge in [0, 0.05) is 0 Å². The van der Waals surface area contributed by atoms with Crippen LogP contribution in [-0.2, 0) is 9.53 Å². The molecular weight excluding hydrogens is 334 g/mol. The molecule has 1 fully saturated rings. The number of carbonyl (C=O) groups excluding carboxylic acids is 1. The number of aliphatic hydroxyl groups excluding tert-OH is 9. The molecule has 12 heteroatoms. The van der Waals surface area contributed by atoms with E-state index in [0.29, 0.717) is 0 Å². The van der Waals surface area contributed by atoms with E-state index in [1.54, 1.807) is 0 Å². The largest absolute Gasteiger partial charge is 0.394 e. The van der Waals surface area contributed by atoms with Crippen LogP contribution in [0.3, 0.4) is 0 Å². The lowest BCUT2D eigenvalue weighted by atomic mass is 9.98. The molecule has 142 valence electrons. The minimum absolute atomic E-state index is 0.732. The first-order valence-corrected chi connectivity index (χ1v) is 7.09. The van der Waals surface area contributed by atoms with Crippen LogP contribution in [0.5, 0.6) is 0 Å². The minimum Gasteiger partial charge on any atom is -0.394 e. The molecule has 0 aromatic carbocycles. The number of hydrogen-bond donors (Lipinski definition) is 10. The van der Waals surface area contributed by atoms with Crippen molar-refractivity contribution in [1.82, 2.24) is 5.32 Å². The third-order valence-corrected chi connectivity index (χ3v) is 3.70. The van der Waals surface area contributed by atoms with Gasteiger partial charge < -0.3 is 56.0 Å². The van der Waals surface area contributed by atoms with Crippen molar-refractivity contribution in [3.05, 3.63) is 0 Å². The maximum atomic E-state index is 11.8. The minimum atomic E-state index is -2.27. The van der Waals surface area contributed by atoms with E-state index in [1.165, 1.54) is 0 Å². The molecule has 0 unspecified atom stereocenters. The number of hydrogen-bond acceptors (Lipinski definition) is 11. The molecule has 0 aromatic heterocycles. The maximum absolute atomic E-state index is 11.8. The summed E-state index contributed by atoms with van der Waals surface area (Å²) in [6, 6.07) is 0. The van der Waals surface area contributed by atoms with Crippen LogP contribution >= 0.6 is 0 Å². The molecule has 9 atom stereocenters. The summed E-state index contributed by atoms with van der Waals surface area (Å²) in [7, 11) is 0. The summed E-state index contributed by atoms with van der Waals surface area (Å²) >= 11 is 0. The molecule has 10 N–H and O–H groups in total. The van der Waals surface area contributed by atoms with Gasteiger partial charge in [-0.2, -0.15) is 0 Å². The third-order valence-electron chi connectivity index (χ3n) is 3.70. The Morgan fingerprint density at radius 2 is 1.54 bits per heavy atom. The van der Waals surface area contributed by atoms with Gasteiger partial charge in [-0.3, -0.25) is 4.79 Å². The van der Waals surface area contributed by atoms with Gasteiger partial charge in [-0.05, 0) is 0 Å². The molecule has 0 bridgehead atoms. The van der Waals surface area contributed by atoms with Gasteiger partial charge >= 0.3 is 0 Å². The second-order valence-corrected chi connectivity index (χ2v) is 5.43. The van der Waals surface area contributed by atoms with Crippen LogP contribution < -0.4 is 5.32 Å². The van der Waals surface area contributed by atoms with Crippen molar-refractivity contribution < 1.29 is 55.5 Å².